The van der Waals surface area contributed by atoms with Crippen LogP contribution in [0.4, 0.5) is 0 Å². The Kier molecular flexibility index (Phi) is 4.44. The SMILES string of the molecule is CC[C@@H]1CN2CCc3c([nH]c4ccccc34)[C@H]2[C@H](C=O)C1=C(C=O)C(=O)O. The Morgan fingerprint density at radius 1 is 1.33 bits per heavy atom. The van der Waals surface area contributed by atoms with Crippen molar-refractivity contribution in [1.82, 2.24) is 9.88 Å². The van der Waals surface area contributed by atoms with Gasteiger partial charge in [0.15, 0.2) is 6.29 Å². The lowest BCUT2D eigenvalue weighted by Gasteiger charge is -2.47. The van der Waals surface area contributed by atoms with Crippen molar-refractivity contribution in [3.8, 4) is 0 Å². The maximum atomic E-state index is 12.2. The summed E-state index contributed by atoms with van der Waals surface area (Å²) in [6.07, 6.45) is 2.78. The minimum absolute atomic E-state index is 0.112. The molecular formula is C21H22N2O4. The van der Waals surface area contributed by atoms with Gasteiger partial charge in [-0.2, -0.15) is 0 Å². The zero-order valence-corrected chi connectivity index (χ0v) is 15.1. The maximum Gasteiger partial charge on any atom is 0.339 e. The van der Waals surface area contributed by atoms with Crippen molar-refractivity contribution in [3.63, 3.8) is 0 Å². The number of benzene rings is 1. The van der Waals surface area contributed by atoms with E-state index in [0.717, 1.165) is 35.8 Å². The summed E-state index contributed by atoms with van der Waals surface area (Å²) in [6.45, 7) is 3.44. The number of piperidine rings is 1. The number of nitrogens with one attached hydrogen (secondary N) is 1. The smallest absolute Gasteiger partial charge is 0.339 e. The molecule has 140 valence electrons. The van der Waals surface area contributed by atoms with Gasteiger partial charge >= 0.3 is 5.97 Å². The normalized spacial score (nSPS) is 26.9. The molecule has 3 heterocycles. The van der Waals surface area contributed by atoms with Crippen LogP contribution in [-0.2, 0) is 20.8 Å². The Balaban J connectivity index is 1.92. The van der Waals surface area contributed by atoms with Crippen LogP contribution >= 0.6 is 0 Å². The largest absolute Gasteiger partial charge is 0.478 e. The molecule has 1 aromatic heterocycles. The quantitative estimate of drug-likeness (QED) is 0.376. The molecule has 1 saturated heterocycles. The van der Waals surface area contributed by atoms with E-state index in [1.807, 2.05) is 25.1 Å². The van der Waals surface area contributed by atoms with E-state index in [2.05, 4.69) is 16.0 Å². The number of aromatic nitrogens is 1. The molecule has 0 unspecified atom stereocenters. The lowest BCUT2D eigenvalue weighted by Crippen LogP contribution is -2.49. The molecule has 27 heavy (non-hydrogen) atoms. The molecule has 0 bridgehead atoms. The van der Waals surface area contributed by atoms with Crippen LogP contribution in [0.2, 0.25) is 0 Å². The van der Waals surface area contributed by atoms with Crippen molar-refractivity contribution in [1.29, 1.82) is 0 Å². The van der Waals surface area contributed by atoms with E-state index >= 15 is 0 Å². The average molecular weight is 366 g/mol. The molecule has 4 rings (SSSR count). The Morgan fingerprint density at radius 2 is 2.11 bits per heavy atom. The van der Waals surface area contributed by atoms with E-state index in [4.69, 9.17) is 0 Å². The monoisotopic (exact) mass is 366 g/mol. The average Bonchev–Trinajstić information content (AvgIpc) is 3.06. The highest BCUT2D eigenvalue weighted by Gasteiger charge is 2.45. The third-order valence-electron chi connectivity index (χ3n) is 6.08. The number of hydrogen-bond donors (Lipinski definition) is 2. The lowest BCUT2D eigenvalue weighted by atomic mass is 9.72. The summed E-state index contributed by atoms with van der Waals surface area (Å²) in [6, 6.07) is 7.78. The van der Waals surface area contributed by atoms with E-state index in [0.29, 0.717) is 24.8 Å². The first-order valence-corrected chi connectivity index (χ1v) is 9.32. The second-order valence-corrected chi connectivity index (χ2v) is 7.31. The summed E-state index contributed by atoms with van der Waals surface area (Å²) in [5.41, 5.74) is 3.40. The van der Waals surface area contributed by atoms with Crippen LogP contribution in [0.1, 0.15) is 30.6 Å². The zero-order chi connectivity index (χ0) is 19.1. The molecule has 1 fully saturated rings. The number of aliphatic carboxylic acids is 1. The predicted molar refractivity (Wildman–Crippen MR) is 100 cm³/mol. The van der Waals surface area contributed by atoms with Crippen molar-refractivity contribution in [3.05, 3.63) is 46.7 Å². The van der Waals surface area contributed by atoms with Gasteiger partial charge in [0.05, 0.1) is 17.5 Å². The summed E-state index contributed by atoms with van der Waals surface area (Å²) in [5, 5.41) is 10.7. The number of hydrogen-bond acceptors (Lipinski definition) is 4. The van der Waals surface area contributed by atoms with Crippen molar-refractivity contribution in [2.24, 2.45) is 11.8 Å². The number of fused-ring (bicyclic) bond motifs is 5. The first kappa shape index (κ1) is 17.7. The van der Waals surface area contributed by atoms with E-state index < -0.39 is 11.9 Å². The number of carbonyl (C=O) groups excluding carboxylic acids is 2. The van der Waals surface area contributed by atoms with Crippen LogP contribution in [0.15, 0.2) is 35.4 Å². The molecule has 0 saturated carbocycles. The summed E-state index contributed by atoms with van der Waals surface area (Å²) >= 11 is 0. The lowest BCUT2D eigenvalue weighted by molar-refractivity contribution is -0.133. The standard InChI is InChI=1S/C21H22N2O4/c1-2-12-9-23-8-7-14-13-5-3-4-6-17(13)22-19(14)20(23)15(10-24)18(12)16(11-25)21(26)27/h3-6,10-12,15,20,22H,2,7-9H2,1H3,(H,26,27)/t12-,15-,20-/m1/s1. The minimum Gasteiger partial charge on any atom is -0.478 e. The Hall–Kier alpha value is -2.73. The molecular weight excluding hydrogens is 344 g/mol. The predicted octanol–water partition coefficient (Wildman–Crippen LogP) is 2.50. The number of nitrogens with zero attached hydrogens (tertiary/aromatic N) is 1. The van der Waals surface area contributed by atoms with Gasteiger partial charge in [0.1, 0.15) is 6.29 Å². The number of carboxylic acid groups (broad SMARTS) is 1. The topological polar surface area (TPSA) is 90.5 Å². The second-order valence-electron chi connectivity index (χ2n) is 7.31. The molecule has 0 amide bonds. The molecule has 6 heteroatoms. The summed E-state index contributed by atoms with van der Waals surface area (Å²) < 4.78 is 0. The van der Waals surface area contributed by atoms with Gasteiger partial charge in [-0.15, -0.1) is 0 Å². The van der Waals surface area contributed by atoms with Gasteiger partial charge < -0.3 is 14.9 Å². The fourth-order valence-corrected chi connectivity index (χ4v) is 4.89. The Morgan fingerprint density at radius 3 is 2.78 bits per heavy atom. The summed E-state index contributed by atoms with van der Waals surface area (Å²) in [7, 11) is 0. The number of H-pyrrole nitrogens is 1. The molecule has 2 aliphatic rings. The van der Waals surface area contributed by atoms with Crippen LogP contribution < -0.4 is 0 Å². The highest BCUT2D eigenvalue weighted by molar-refractivity contribution is 6.08. The number of para-hydroxylation sites is 1. The summed E-state index contributed by atoms with van der Waals surface area (Å²) in [5.74, 6) is -2.02. The van der Waals surface area contributed by atoms with Crippen molar-refractivity contribution < 1.29 is 19.5 Å². The van der Waals surface area contributed by atoms with E-state index in [1.165, 1.54) is 5.56 Å². The van der Waals surface area contributed by atoms with Gasteiger partial charge in [-0.3, -0.25) is 9.69 Å². The minimum atomic E-state index is -1.26. The number of aldehydes is 2. The van der Waals surface area contributed by atoms with Crippen molar-refractivity contribution in [2.45, 2.75) is 25.8 Å². The Bertz CT molecular complexity index is 958. The van der Waals surface area contributed by atoms with E-state index in [9.17, 15) is 19.5 Å². The first-order valence-electron chi connectivity index (χ1n) is 9.32. The molecule has 1 aromatic carbocycles. The Labute approximate surface area is 156 Å². The first-order chi connectivity index (χ1) is 13.1. The highest BCUT2D eigenvalue weighted by Crippen LogP contribution is 2.47. The van der Waals surface area contributed by atoms with E-state index in [1.54, 1.807) is 0 Å². The third-order valence-corrected chi connectivity index (χ3v) is 6.08. The van der Waals surface area contributed by atoms with Crippen molar-refractivity contribution >= 4 is 29.4 Å². The molecule has 2 aromatic rings. The van der Waals surface area contributed by atoms with Crippen LogP contribution in [0.5, 0.6) is 0 Å². The van der Waals surface area contributed by atoms with Crippen molar-refractivity contribution in [2.75, 3.05) is 13.1 Å². The third kappa shape index (κ3) is 2.63. The van der Waals surface area contributed by atoms with Crippen LogP contribution in [-0.4, -0.2) is 46.6 Å². The van der Waals surface area contributed by atoms with Crippen LogP contribution in [0.3, 0.4) is 0 Å². The fraction of sp³-hybridized carbons (Fsp3) is 0.381. The summed E-state index contributed by atoms with van der Waals surface area (Å²) in [4.78, 5) is 41.1. The second kappa shape index (κ2) is 6.78. The number of carboxylic acids is 1. The zero-order valence-electron chi connectivity index (χ0n) is 15.1. The maximum absolute atomic E-state index is 12.2. The molecule has 0 spiro atoms. The molecule has 0 aliphatic carbocycles. The van der Waals surface area contributed by atoms with Gasteiger partial charge in [0, 0.05) is 29.7 Å². The van der Waals surface area contributed by atoms with Gasteiger partial charge in [0.25, 0.3) is 0 Å². The number of carbonyl (C=O) groups is 3. The van der Waals surface area contributed by atoms with Gasteiger partial charge in [-0.25, -0.2) is 4.79 Å². The highest BCUT2D eigenvalue weighted by atomic mass is 16.4. The molecule has 2 N–H and O–H groups in total. The molecule has 0 radical (unpaired) electrons. The van der Waals surface area contributed by atoms with Crippen LogP contribution in [0.25, 0.3) is 10.9 Å². The number of rotatable bonds is 4. The number of aromatic amines is 1. The van der Waals surface area contributed by atoms with Gasteiger partial charge in [-0.05, 0) is 36.0 Å². The van der Waals surface area contributed by atoms with Crippen LogP contribution in [0, 0.1) is 11.8 Å². The van der Waals surface area contributed by atoms with Gasteiger partial charge in [-0.1, -0.05) is 25.1 Å². The molecule has 6 nitrogen and oxygen atoms in total. The van der Waals surface area contributed by atoms with Gasteiger partial charge in [0.2, 0.25) is 0 Å². The molecule has 2 aliphatic heterocycles. The van der Waals surface area contributed by atoms with E-state index in [-0.39, 0.29) is 17.5 Å². The fourth-order valence-electron chi connectivity index (χ4n) is 4.89. The molecule has 3 atom stereocenters.